The van der Waals surface area contributed by atoms with Crippen LogP contribution in [0.3, 0.4) is 0 Å². The van der Waals surface area contributed by atoms with E-state index in [4.69, 9.17) is 15.2 Å². The Hall–Kier alpha value is -2.08. The lowest BCUT2D eigenvalue weighted by Gasteiger charge is -2.11. The predicted octanol–water partition coefficient (Wildman–Crippen LogP) is 2.48. The van der Waals surface area contributed by atoms with Crippen LogP contribution in [-0.2, 0) is 11.3 Å². The lowest BCUT2D eigenvalue weighted by molar-refractivity contribution is 0.0472. The average Bonchev–Trinajstić information content (AvgIpc) is 2.92. The highest BCUT2D eigenvalue weighted by molar-refractivity contribution is 7.09. The minimum atomic E-state index is -0.454. The van der Waals surface area contributed by atoms with Crippen molar-refractivity contribution in [3.05, 3.63) is 40.3 Å². The normalized spacial score (nSPS) is 10.2. The molecule has 2 N–H and O–H groups in total. The van der Waals surface area contributed by atoms with Crippen LogP contribution in [0.5, 0.6) is 5.75 Å². The van der Waals surface area contributed by atoms with E-state index in [-0.39, 0.29) is 6.61 Å². The molecule has 0 atom stereocenters. The molecule has 0 fully saturated rings. The SMILES string of the molecule is CCOc1c(N)cccc1C(=O)OCc1cncs1. The second-order valence-corrected chi connectivity index (χ2v) is 4.67. The number of carbonyl (C=O) groups excluding carboxylic acids is 1. The number of hydrogen-bond acceptors (Lipinski definition) is 6. The first-order valence-electron chi connectivity index (χ1n) is 5.78. The molecule has 0 amide bonds. The number of nitrogens with two attached hydrogens (primary N) is 1. The van der Waals surface area contributed by atoms with Crippen molar-refractivity contribution in [2.75, 3.05) is 12.3 Å². The van der Waals surface area contributed by atoms with Gasteiger partial charge in [0.1, 0.15) is 12.2 Å². The van der Waals surface area contributed by atoms with E-state index in [0.717, 1.165) is 4.88 Å². The molecule has 0 saturated heterocycles. The number of nitrogens with zero attached hydrogens (tertiary/aromatic N) is 1. The van der Waals surface area contributed by atoms with Gasteiger partial charge in [-0.3, -0.25) is 4.98 Å². The van der Waals surface area contributed by atoms with Crippen molar-refractivity contribution in [3.63, 3.8) is 0 Å². The molecule has 0 radical (unpaired) electrons. The molecule has 19 heavy (non-hydrogen) atoms. The Balaban J connectivity index is 2.12. The molecule has 0 bridgehead atoms. The summed E-state index contributed by atoms with van der Waals surface area (Å²) >= 11 is 1.43. The van der Waals surface area contributed by atoms with Gasteiger partial charge in [-0.25, -0.2) is 4.79 Å². The van der Waals surface area contributed by atoms with Crippen LogP contribution in [0.15, 0.2) is 29.9 Å². The Morgan fingerprint density at radius 3 is 3.00 bits per heavy atom. The molecule has 0 spiro atoms. The molecule has 100 valence electrons. The second-order valence-electron chi connectivity index (χ2n) is 3.70. The maximum Gasteiger partial charge on any atom is 0.342 e. The highest BCUT2D eigenvalue weighted by Gasteiger charge is 2.16. The summed E-state index contributed by atoms with van der Waals surface area (Å²) in [5, 5.41) is 0. The summed E-state index contributed by atoms with van der Waals surface area (Å²) in [6, 6.07) is 5.02. The van der Waals surface area contributed by atoms with E-state index < -0.39 is 5.97 Å². The number of benzene rings is 1. The Morgan fingerprint density at radius 1 is 1.47 bits per heavy atom. The zero-order valence-corrected chi connectivity index (χ0v) is 11.3. The largest absolute Gasteiger partial charge is 0.491 e. The van der Waals surface area contributed by atoms with Crippen LogP contribution in [0.4, 0.5) is 5.69 Å². The van der Waals surface area contributed by atoms with E-state index in [1.165, 1.54) is 11.3 Å². The number of ether oxygens (including phenoxy) is 2. The molecule has 0 aliphatic heterocycles. The van der Waals surface area contributed by atoms with Gasteiger partial charge in [-0.1, -0.05) is 6.07 Å². The first-order valence-corrected chi connectivity index (χ1v) is 6.66. The van der Waals surface area contributed by atoms with Gasteiger partial charge in [0.05, 0.1) is 22.7 Å². The lowest BCUT2D eigenvalue weighted by atomic mass is 10.2. The number of aromatic nitrogens is 1. The van der Waals surface area contributed by atoms with Crippen LogP contribution < -0.4 is 10.5 Å². The van der Waals surface area contributed by atoms with E-state index in [9.17, 15) is 4.79 Å². The average molecular weight is 278 g/mol. The van der Waals surface area contributed by atoms with Gasteiger partial charge >= 0.3 is 5.97 Å². The van der Waals surface area contributed by atoms with Crippen molar-refractivity contribution in [2.24, 2.45) is 0 Å². The first-order chi connectivity index (χ1) is 9.22. The van der Waals surface area contributed by atoms with Crippen LogP contribution >= 0.6 is 11.3 Å². The van der Waals surface area contributed by atoms with E-state index >= 15 is 0 Å². The Kier molecular flexibility index (Phi) is 4.35. The van der Waals surface area contributed by atoms with Crippen LogP contribution in [0, 0.1) is 0 Å². The van der Waals surface area contributed by atoms with Gasteiger partial charge < -0.3 is 15.2 Å². The fourth-order valence-electron chi connectivity index (χ4n) is 1.55. The van der Waals surface area contributed by atoms with Gasteiger partial charge in [0, 0.05) is 6.20 Å². The molecule has 1 aromatic heterocycles. The molecule has 2 rings (SSSR count). The van der Waals surface area contributed by atoms with Gasteiger partial charge in [-0.05, 0) is 19.1 Å². The van der Waals surface area contributed by atoms with E-state index in [1.807, 2.05) is 6.92 Å². The molecule has 5 nitrogen and oxygen atoms in total. The fourth-order valence-corrected chi connectivity index (χ4v) is 2.05. The first kappa shape index (κ1) is 13.4. The van der Waals surface area contributed by atoms with Gasteiger partial charge in [0.15, 0.2) is 5.75 Å². The topological polar surface area (TPSA) is 74.4 Å². The summed E-state index contributed by atoms with van der Waals surface area (Å²) in [6.07, 6.45) is 1.67. The molecule has 1 aromatic carbocycles. The minimum absolute atomic E-state index is 0.198. The summed E-state index contributed by atoms with van der Waals surface area (Å²) in [5.74, 6) is -0.0801. The quantitative estimate of drug-likeness (QED) is 0.671. The second kappa shape index (κ2) is 6.19. The van der Waals surface area contributed by atoms with Crippen molar-refractivity contribution in [2.45, 2.75) is 13.5 Å². The summed E-state index contributed by atoms with van der Waals surface area (Å²) < 4.78 is 10.6. The summed E-state index contributed by atoms with van der Waals surface area (Å²) in [5.41, 5.74) is 8.25. The molecule has 0 saturated carbocycles. The van der Waals surface area contributed by atoms with E-state index in [1.54, 1.807) is 29.9 Å². The Bertz CT molecular complexity index is 555. The van der Waals surface area contributed by atoms with Crippen LogP contribution in [0.1, 0.15) is 22.2 Å². The summed E-state index contributed by atoms with van der Waals surface area (Å²) in [4.78, 5) is 16.8. The van der Waals surface area contributed by atoms with Gasteiger partial charge in [0.25, 0.3) is 0 Å². The third kappa shape index (κ3) is 3.23. The smallest absolute Gasteiger partial charge is 0.342 e. The standard InChI is InChI=1S/C13H14N2O3S/c1-2-17-12-10(4-3-5-11(12)14)13(16)18-7-9-6-15-8-19-9/h3-6,8H,2,7,14H2,1H3. The zero-order valence-electron chi connectivity index (χ0n) is 10.5. The number of rotatable bonds is 5. The van der Waals surface area contributed by atoms with Crippen molar-refractivity contribution in [1.82, 2.24) is 4.98 Å². The maximum absolute atomic E-state index is 12.0. The number of esters is 1. The number of anilines is 1. The molecule has 1 heterocycles. The Morgan fingerprint density at radius 2 is 2.32 bits per heavy atom. The van der Waals surface area contributed by atoms with Crippen molar-refractivity contribution < 1.29 is 14.3 Å². The molecule has 0 aliphatic carbocycles. The number of thiazole rings is 1. The molecule has 0 aliphatic rings. The van der Waals surface area contributed by atoms with Crippen molar-refractivity contribution in [1.29, 1.82) is 0 Å². The molecule has 2 aromatic rings. The third-order valence-electron chi connectivity index (χ3n) is 2.38. The third-order valence-corrected chi connectivity index (χ3v) is 3.14. The highest BCUT2D eigenvalue weighted by atomic mass is 32.1. The van der Waals surface area contributed by atoms with Gasteiger partial charge in [0.2, 0.25) is 0 Å². The van der Waals surface area contributed by atoms with Crippen LogP contribution in [-0.4, -0.2) is 17.6 Å². The minimum Gasteiger partial charge on any atom is -0.491 e. The number of hydrogen-bond donors (Lipinski definition) is 1. The van der Waals surface area contributed by atoms with E-state index in [0.29, 0.717) is 23.6 Å². The summed E-state index contributed by atoms with van der Waals surface area (Å²) in [6.45, 7) is 2.46. The molecular weight excluding hydrogens is 264 g/mol. The maximum atomic E-state index is 12.0. The molecule has 0 unspecified atom stereocenters. The zero-order chi connectivity index (χ0) is 13.7. The van der Waals surface area contributed by atoms with Crippen molar-refractivity contribution in [3.8, 4) is 5.75 Å². The highest BCUT2D eigenvalue weighted by Crippen LogP contribution is 2.27. The van der Waals surface area contributed by atoms with E-state index in [2.05, 4.69) is 4.98 Å². The van der Waals surface area contributed by atoms with Crippen LogP contribution in [0.25, 0.3) is 0 Å². The summed E-state index contributed by atoms with van der Waals surface area (Å²) in [7, 11) is 0. The predicted molar refractivity (Wildman–Crippen MR) is 73.3 cm³/mol. The van der Waals surface area contributed by atoms with Gasteiger partial charge in [-0.15, -0.1) is 11.3 Å². The van der Waals surface area contributed by atoms with Crippen molar-refractivity contribution >= 4 is 23.0 Å². The number of carbonyl (C=O) groups is 1. The van der Waals surface area contributed by atoms with Gasteiger partial charge in [-0.2, -0.15) is 0 Å². The monoisotopic (exact) mass is 278 g/mol. The fraction of sp³-hybridized carbons (Fsp3) is 0.231. The Labute approximate surface area is 115 Å². The van der Waals surface area contributed by atoms with Crippen LogP contribution in [0.2, 0.25) is 0 Å². The number of para-hydroxylation sites is 1. The molecular formula is C13H14N2O3S. The lowest BCUT2D eigenvalue weighted by Crippen LogP contribution is -2.09. The molecule has 6 heteroatoms. The number of nitrogen functional groups attached to an aromatic ring is 1.